The zero-order valence-corrected chi connectivity index (χ0v) is 11.5. The van der Waals surface area contributed by atoms with Gasteiger partial charge in [0.1, 0.15) is 6.54 Å². The molecule has 0 aromatic heterocycles. The number of hydrogen-bond donors (Lipinski definition) is 1. The maximum Gasteiger partial charge on any atom is 0.406 e. The monoisotopic (exact) mass is 303 g/mol. The van der Waals surface area contributed by atoms with Gasteiger partial charge in [-0.05, 0) is 31.0 Å². The number of aromatic carboxylic acids is 1. The van der Waals surface area contributed by atoms with E-state index in [-0.39, 0.29) is 24.9 Å². The van der Waals surface area contributed by atoms with E-state index in [1.165, 1.54) is 19.1 Å². The first kappa shape index (κ1) is 17.0. The number of rotatable bonds is 6. The van der Waals surface area contributed by atoms with Crippen molar-refractivity contribution in [3.8, 4) is 0 Å². The predicted molar refractivity (Wildman–Crippen MR) is 70.0 cm³/mol. The molecule has 7 heteroatoms. The van der Waals surface area contributed by atoms with Gasteiger partial charge in [-0.25, -0.2) is 4.79 Å². The first-order valence-corrected chi connectivity index (χ1v) is 6.39. The molecule has 1 aromatic carbocycles. The van der Waals surface area contributed by atoms with Crippen molar-refractivity contribution >= 4 is 11.9 Å². The highest BCUT2D eigenvalue weighted by molar-refractivity contribution is 5.87. The predicted octanol–water partition coefficient (Wildman–Crippen LogP) is 2.73. The number of halogens is 3. The Kier molecular flexibility index (Phi) is 5.75. The Balaban J connectivity index is 2.57. The van der Waals surface area contributed by atoms with Gasteiger partial charge in [-0.1, -0.05) is 12.1 Å². The van der Waals surface area contributed by atoms with Gasteiger partial charge in [-0.2, -0.15) is 13.2 Å². The second-order valence-corrected chi connectivity index (χ2v) is 4.53. The fourth-order valence-corrected chi connectivity index (χ4v) is 1.82. The number of alkyl halides is 3. The van der Waals surface area contributed by atoms with Gasteiger partial charge in [0.25, 0.3) is 0 Å². The number of carbonyl (C=O) groups is 2. The van der Waals surface area contributed by atoms with Gasteiger partial charge in [0.2, 0.25) is 5.91 Å². The second-order valence-electron chi connectivity index (χ2n) is 4.53. The molecular weight excluding hydrogens is 287 g/mol. The Morgan fingerprint density at radius 2 is 1.76 bits per heavy atom. The highest BCUT2D eigenvalue weighted by Crippen LogP contribution is 2.17. The van der Waals surface area contributed by atoms with Crippen LogP contribution in [-0.4, -0.2) is 41.1 Å². The molecule has 0 aliphatic rings. The highest BCUT2D eigenvalue weighted by atomic mass is 19.4. The van der Waals surface area contributed by atoms with E-state index in [0.29, 0.717) is 5.56 Å². The van der Waals surface area contributed by atoms with Crippen LogP contribution in [-0.2, 0) is 11.2 Å². The van der Waals surface area contributed by atoms with Crippen molar-refractivity contribution in [1.29, 1.82) is 0 Å². The number of carbonyl (C=O) groups excluding carboxylic acids is 1. The van der Waals surface area contributed by atoms with Crippen molar-refractivity contribution in [2.45, 2.75) is 25.9 Å². The number of carboxylic acid groups (broad SMARTS) is 1. The van der Waals surface area contributed by atoms with Crippen LogP contribution in [0.1, 0.15) is 29.3 Å². The van der Waals surface area contributed by atoms with Gasteiger partial charge in [-0.15, -0.1) is 0 Å². The summed E-state index contributed by atoms with van der Waals surface area (Å²) in [7, 11) is 0. The van der Waals surface area contributed by atoms with Crippen molar-refractivity contribution in [2.75, 3.05) is 13.1 Å². The fraction of sp³-hybridized carbons (Fsp3) is 0.429. The Morgan fingerprint density at radius 3 is 2.19 bits per heavy atom. The minimum Gasteiger partial charge on any atom is -0.478 e. The summed E-state index contributed by atoms with van der Waals surface area (Å²) in [6.07, 6.45) is -4.18. The lowest BCUT2D eigenvalue weighted by atomic mass is 10.1. The molecule has 1 amide bonds. The third-order valence-electron chi connectivity index (χ3n) is 2.93. The molecule has 0 radical (unpaired) electrons. The number of benzene rings is 1. The fourth-order valence-electron chi connectivity index (χ4n) is 1.82. The van der Waals surface area contributed by atoms with Crippen LogP contribution in [0, 0.1) is 0 Å². The van der Waals surface area contributed by atoms with E-state index < -0.39 is 24.6 Å². The van der Waals surface area contributed by atoms with Crippen LogP contribution in [0.3, 0.4) is 0 Å². The van der Waals surface area contributed by atoms with Gasteiger partial charge in [-0.3, -0.25) is 4.79 Å². The maximum absolute atomic E-state index is 12.3. The summed E-state index contributed by atoms with van der Waals surface area (Å²) in [6.45, 7) is 0.238. The number of carboxylic acids is 1. The van der Waals surface area contributed by atoms with Crippen molar-refractivity contribution in [1.82, 2.24) is 4.90 Å². The van der Waals surface area contributed by atoms with Gasteiger partial charge >= 0.3 is 12.1 Å². The summed E-state index contributed by atoms with van der Waals surface area (Å²) < 4.78 is 36.9. The van der Waals surface area contributed by atoms with E-state index in [4.69, 9.17) is 5.11 Å². The number of aryl methyl sites for hydroxylation is 1. The molecule has 0 bridgehead atoms. The number of amides is 1. The highest BCUT2D eigenvalue weighted by Gasteiger charge is 2.31. The SMILES string of the molecule is CCN(CC(F)(F)F)C(=O)CCc1ccc(C(=O)O)cc1. The zero-order chi connectivity index (χ0) is 16.0. The van der Waals surface area contributed by atoms with Crippen LogP contribution in [0.4, 0.5) is 13.2 Å². The zero-order valence-electron chi connectivity index (χ0n) is 11.5. The molecule has 0 heterocycles. The third-order valence-corrected chi connectivity index (χ3v) is 2.93. The summed E-state index contributed by atoms with van der Waals surface area (Å²) in [5, 5.41) is 8.74. The van der Waals surface area contributed by atoms with E-state index in [2.05, 4.69) is 0 Å². The van der Waals surface area contributed by atoms with E-state index in [0.717, 1.165) is 4.90 Å². The van der Waals surface area contributed by atoms with Gasteiger partial charge in [0.05, 0.1) is 5.56 Å². The van der Waals surface area contributed by atoms with Gasteiger partial charge in [0, 0.05) is 13.0 Å². The smallest absolute Gasteiger partial charge is 0.406 e. The lowest BCUT2D eigenvalue weighted by Gasteiger charge is -2.22. The molecule has 4 nitrogen and oxygen atoms in total. The first-order chi connectivity index (χ1) is 9.73. The molecule has 0 spiro atoms. The average molecular weight is 303 g/mol. The average Bonchev–Trinajstić information content (AvgIpc) is 2.41. The minimum absolute atomic E-state index is 0.00368. The third kappa shape index (κ3) is 5.85. The Bertz CT molecular complexity index is 497. The molecule has 0 atom stereocenters. The Hall–Kier alpha value is -2.05. The molecule has 1 N–H and O–H groups in total. The molecule has 0 aliphatic heterocycles. The summed E-state index contributed by atoms with van der Waals surface area (Å²) in [4.78, 5) is 23.2. The number of nitrogens with zero attached hydrogens (tertiary/aromatic N) is 1. The van der Waals surface area contributed by atoms with Gasteiger partial charge < -0.3 is 10.0 Å². The van der Waals surface area contributed by atoms with E-state index in [9.17, 15) is 22.8 Å². The van der Waals surface area contributed by atoms with Crippen molar-refractivity contribution < 1.29 is 27.9 Å². The lowest BCUT2D eigenvalue weighted by molar-refractivity contribution is -0.160. The van der Waals surface area contributed by atoms with Crippen LogP contribution < -0.4 is 0 Å². The summed E-state index contributed by atoms with van der Waals surface area (Å²) in [5.41, 5.74) is 0.828. The van der Waals surface area contributed by atoms with Gasteiger partial charge in [0.15, 0.2) is 0 Å². The normalized spacial score (nSPS) is 11.2. The van der Waals surface area contributed by atoms with E-state index in [1.54, 1.807) is 12.1 Å². The Labute approximate surface area is 120 Å². The van der Waals surface area contributed by atoms with Crippen LogP contribution in [0.2, 0.25) is 0 Å². The molecule has 21 heavy (non-hydrogen) atoms. The van der Waals surface area contributed by atoms with Crippen LogP contribution in [0.25, 0.3) is 0 Å². The molecule has 0 aliphatic carbocycles. The summed E-state index contributed by atoms with van der Waals surface area (Å²) in [5.74, 6) is -1.63. The van der Waals surface area contributed by atoms with Crippen LogP contribution in [0.5, 0.6) is 0 Å². The largest absolute Gasteiger partial charge is 0.478 e. The van der Waals surface area contributed by atoms with Crippen molar-refractivity contribution in [3.05, 3.63) is 35.4 Å². The molecule has 1 aromatic rings. The van der Waals surface area contributed by atoms with Crippen LogP contribution >= 0.6 is 0 Å². The first-order valence-electron chi connectivity index (χ1n) is 6.39. The molecule has 1 rings (SSSR count). The molecule has 116 valence electrons. The molecule has 0 unspecified atom stereocenters. The molecule has 0 fully saturated rings. The Morgan fingerprint density at radius 1 is 1.19 bits per heavy atom. The molecular formula is C14H16F3NO3. The lowest BCUT2D eigenvalue weighted by Crippen LogP contribution is -2.38. The summed E-state index contributed by atoms with van der Waals surface area (Å²) >= 11 is 0. The topological polar surface area (TPSA) is 57.6 Å². The number of hydrogen-bond acceptors (Lipinski definition) is 2. The van der Waals surface area contributed by atoms with Crippen molar-refractivity contribution in [3.63, 3.8) is 0 Å². The molecule has 0 saturated heterocycles. The molecule has 0 saturated carbocycles. The van der Waals surface area contributed by atoms with Crippen molar-refractivity contribution in [2.24, 2.45) is 0 Å². The standard InChI is InChI=1S/C14H16F3NO3/c1-2-18(9-14(15,16)17)12(19)8-5-10-3-6-11(7-4-10)13(20)21/h3-4,6-7H,2,5,8-9H2,1H3,(H,20,21). The summed E-state index contributed by atoms with van der Waals surface area (Å²) in [6, 6.07) is 5.90. The maximum atomic E-state index is 12.3. The quantitative estimate of drug-likeness (QED) is 0.879. The second kappa shape index (κ2) is 7.10. The minimum atomic E-state index is -4.41. The van der Waals surface area contributed by atoms with E-state index in [1.807, 2.05) is 0 Å². The van der Waals surface area contributed by atoms with E-state index >= 15 is 0 Å². The van der Waals surface area contributed by atoms with Crippen LogP contribution in [0.15, 0.2) is 24.3 Å².